The normalized spacial score (nSPS) is 21.5. The summed E-state index contributed by atoms with van der Waals surface area (Å²) in [6.07, 6.45) is 7.04. The number of carbonyl (C=O) groups is 2. The Balaban J connectivity index is 1.37. The smallest absolute Gasteiger partial charge is 0.308 e. The number of nitrogens with zero attached hydrogens (tertiary/aromatic N) is 3. The largest absolute Gasteiger partial charge is 0.381 e. The lowest BCUT2D eigenvalue weighted by molar-refractivity contribution is -0.122. The Morgan fingerprint density at radius 1 is 1.24 bits per heavy atom. The summed E-state index contributed by atoms with van der Waals surface area (Å²) < 4.78 is 7.88. The van der Waals surface area contributed by atoms with Crippen LogP contribution in [-0.4, -0.2) is 53.2 Å². The van der Waals surface area contributed by atoms with E-state index in [0.717, 1.165) is 44.8 Å². The quantitative estimate of drug-likeness (QED) is 0.666. The van der Waals surface area contributed by atoms with Gasteiger partial charge in [-0.25, -0.2) is 6.57 Å². The minimum Gasteiger partial charge on any atom is -0.381 e. The van der Waals surface area contributed by atoms with Crippen LogP contribution in [0.1, 0.15) is 60.6 Å². The number of hydrogen-bond donors (Lipinski definition) is 1. The van der Waals surface area contributed by atoms with E-state index in [2.05, 4.69) is 27.8 Å². The summed E-state index contributed by atoms with van der Waals surface area (Å²) in [6.45, 7) is 11.3. The Labute approximate surface area is 201 Å². The van der Waals surface area contributed by atoms with Gasteiger partial charge in [0, 0.05) is 49.0 Å². The van der Waals surface area contributed by atoms with Crippen molar-refractivity contribution in [2.24, 2.45) is 18.9 Å². The molecule has 1 N–H and O–H groups in total. The second-order valence-electron chi connectivity index (χ2n) is 10.2. The number of rotatable bonds is 6. The van der Waals surface area contributed by atoms with Crippen molar-refractivity contribution in [3.8, 4) is 0 Å². The van der Waals surface area contributed by atoms with E-state index in [0.29, 0.717) is 30.9 Å². The Bertz CT molecular complexity index is 1150. The van der Waals surface area contributed by atoms with Crippen LogP contribution in [0.25, 0.3) is 15.7 Å². The van der Waals surface area contributed by atoms with E-state index in [1.807, 2.05) is 19.1 Å². The monoisotopic (exact) mass is 462 g/mol. The minimum absolute atomic E-state index is 0.0244. The van der Waals surface area contributed by atoms with Crippen molar-refractivity contribution in [1.29, 1.82) is 0 Å². The minimum atomic E-state index is -0.734. The molecule has 1 saturated carbocycles. The summed E-state index contributed by atoms with van der Waals surface area (Å²) in [4.78, 5) is 30.9. The number of hydrogen-bond acceptors (Lipinski definition) is 3. The van der Waals surface area contributed by atoms with Crippen molar-refractivity contribution in [2.45, 2.75) is 57.5 Å². The number of ether oxygens (including phenoxy) is 1. The number of likely N-dealkylation sites (N-methyl/N-ethyl adjacent to an activating group) is 1. The molecule has 34 heavy (non-hydrogen) atoms. The maximum Gasteiger partial charge on any atom is 0.308 e. The average molecular weight is 463 g/mol. The Morgan fingerprint density at radius 2 is 2.00 bits per heavy atom. The number of aryl methyl sites for hydroxylation is 1. The Hall–Kier alpha value is -2.85. The van der Waals surface area contributed by atoms with Crippen LogP contribution in [0, 0.1) is 18.4 Å². The lowest BCUT2D eigenvalue weighted by Crippen LogP contribution is -2.44. The first-order valence-corrected chi connectivity index (χ1v) is 12.6. The fourth-order valence-corrected chi connectivity index (χ4v) is 5.89. The molecule has 7 nitrogen and oxygen atoms in total. The molecule has 0 bridgehead atoms. The molecule has 2 aliphatic carbocycles. The molecule has 2 heterocycles. The van der Waals surface area contributed by atoms with Gasteiger partial charge in [-0.1, -0.05) is 0 Å². The number of carbonyl (C=O) groups excluding carboxylic acids is 2. The summed E-state index contributed by atoms with van der Waals surface area (Å²) in [7, 11) is 2.13. The molecule has 0 spiro atoms. The molecule has 2 fully saturated rings. The number of benzene rings is 1. The van der Waals surface area contributed by atoms with Gasteiger partial charge < -0.3 is 14.2 Å². The zero-order valence-electron chi connectivity index (χ0n) is 20.2. The van der Waals surface area contributed by atoms with Crippen LogP contribution >= 0.6 is 0 Å². The number of amides is 2. The molecule has 3 aliphatic rings. The van der Waals surface area contributed by atoms with E-state index < -0.39 is 5.66 Å². The third-order valence-electron chi connectivity index (χ3n) is 8.15. The van der Waals surface area contributed by atoms with Gasteiger partial charge >= 0.3 is 5.66 Å². The maximum atomic E-state index is 13.4. The van der Waals surface area contributed by atoms with E-state index >= 15 is 0 Å². The van der Waals surface area contributed by atoms with Crippen LogP contribution in [0.5, 0.6) is 0 Å². The van der Waals surface area contributed by atoms with Crippen LogP contribution in [0.4, 0.5) is 0 Å². The summed E-state index contributed by atoms with van der Waals surface area (Å²) in [5.74, 6) is 0.999. The lowest BCUT2D eigenvalue weighted by Gasteiger charge is -2.33. The SMILES string of the molecule is [C-]#[N+]C1(NC(=O)CN(CC)C(=O)c2ccc3c(c2)c2c(n3C)CCC(C3CCOCC3)C2)CC1. The van der Waals surface area contributed by atoms with Gasteiger partial charge in [0.1, 0.15) is 6.54 Å². The summed E-state index contributed by atoms with van der Waals surface area (Å²) in [5.41, 5.74) is 3.84. The van der Waals surface area contributed by atoms with Crippen LogP contribution < -0.4 is 5.32 Å². The first-order valence-electron chi connectivity index (χ1n) is 12.6. The van der Waals surface area contributed by atoms with Crippen molar-refractivity contribution >= 4 is 22.7 Å². The molecule has 1 unspecified atom stereocenters. The molecular weight excluding hydrogens is 428 g/mol. The van der Waals surface area contributed by atoms with Crippen molar-refractivity contribution in [2.75, 3.05) is 26.3 Å². The van der Waals surface area contributed by atoms with Crippen LogP contribution in [0.2, 0.25) is 0 Å². The number of nitrogens with one attached hydrogen (secondary N) is 1. The molecule has 1 saturated heterocycles. The van der Waals surface area contributed by atoms with Gasteiger partial charge in [-0.3, -0.25) is 19.8 Å². The highest BCUT2D eigenvalue weighted by Gasteiger charge is 2.52. The topological polar surface area (TPSA) is 67.9 Å². The molecule has 7 heteroatoms. The standard InChI is InChI=1S/C27H34N4O3/c1-4-31(17-25(32)29-27(28-2)11-12-27)26(33)20-6-8-24-22(16-20)21-15-19(5-7-23(21)30(24)3)18-9-13-34-14-10-18/h6,8,16,18-19H,4-5,7,9-15,17H2,1,3H3,(H,29,32). The fraction of sp³-hybridized carbons (Fsp3) is 0.593. The van der Waals surface area contributed by atoms with Gasteiger partial charge in [-0.15, -0.1) is 0 Å². The predicted octanol–water partition coefficient (Wildman–Crippen LogP) is 3.70. The third-order valence-corrected chi connectivity index (χ3v) is 8.15. The maximum absolute atomic E-state index is 13.4. The number of fused-ring (bicyclic) bond motifs is 3. The van der Waals surface area contributed by atoms with Crippen LogP contribution in [0.15, 0.2) is 18.2 Å². The van der Waals surface area contributed by atoms with Gasteiger partial charge in [-0.2, -0.15) is 0 Å². The van der Waals surface area contributed by atoms with Crippen LogP contribution in [0.3, 0.4) is 0 Å². The zero-order chi connectivity index (χ0) is 23.9. The fourth-order valence-electron chi connectivity index (χ4n) is 5.89. The van der Waals surface area contributed by atoms with E-state index in [1.165, 1.54) is 28.6 Å². The van der Waals surface area contributed by atoms with Crippen molar-refractivity contribution < 1.29 is 14.3 Å². The second-order valence-corrected chi connectivity index (χ2v) is 10.2. The Kier molecular flexibility index (Phi) is 6.11. The number of aromatic nitrogens is 1. The van der Waals surface area contributed by atoms with E-state index in [9.17, 15) is 9.59 Å². The van der Waals surface area contributed by atoms with E-state index in [-0.39, 0.29) is 18.4 Å². The van der Waals surface area contributed by atoms with E-state index in [4.69, 9.17) is 11.3 Å². The van der Waals surface area contributed by atoms with Crippen molar-refractivity contribution in [3.05, 3.63) is 46.4 Å². The zero-order valence-corrected chi connectivity index (χ0v) is 20.2. The second kappa shape index (κ2) is 9.07. The Morgan fingerprint density at radius 3 is 2.68 bits per heavy atom. The van der Waals surface area contributed by atoms with Crippen molar-refractivity contribution in [3.63, 3.8) is 0 Å². The lowest BCUT2D eigenvalue weighted by atomic mass is 9.75. The molecule has 1 aromatic heterocycles. The molecule has 2 aromatic rings. The van der Waals surface area contributed by atoms with Gasteiger partial charge in [0.05, 0.1) is 12.8 Å². The van der Waals surface area contributed by atoms with E-state index in [1.54, 1.807) is 4.90 Å². The highest BCUT2D eigenvalue weighted by Crippen LogP contribution is 2.39. The predicted molar refractivity (Wildman–Crippen MR) is 130 cm³/mol. The molecule has 5 rings (SSSR count). The van der Waals surface area contributed by atoms with Crippen LogP contribution in [-0.2, 0) is 29.4 Å². The van der Waals surface area contributed by atoms with Crippen molar-refractivity contribution in [1.82, 2.24) is 14.8 Å². The average Bonchev–Trinajstić information content (AvgIpc) is 3.60. The molecule has 180 valence electrons. The first-order chi connectivity index (χ1) is 16.4. The summed E-state index contributed by atoms with van der Waals surface area (Å²) in [6, 6.07) is 5.97. The molecule has 2 amide bonds. The highest BCUT2D eigenvalue weighted by atomic mass is 16.5. The van der Waals surface area contributed by atoms with Gasteiger partial charge in [0.15, 0.2) is 0 Å². The van der Waals surface area contributed by atoms with Gasteiger partial charge in [-0.05, 0) is 74.6 Å². The summed E-state index contributed by atoms with van der Waals surface area (Å²) in [5, 5.41) is 3.97. The molecular formula is C27H34N4O3. The molecule has 0 radical (unpaired) electrons. The summed E-state index contributed by atoms with van der Waals surface area (Å²) >= 11 is 0. The molecule has 1 aromatic carbocycles. The van der Waals surface area contributed by atoms with Gasteiger partial charge in [0.2, 0.25) is 5.91 Å². The molecule has 1 aliphatic heterocycles. The highest BCUT2D eigenvalue weighted by molar-refractivity contribution is 6.00. The van der Waals surface area contributed by atoms with Gasteiger partial charge in [0.25, 0.3) is 5.91 Å². The third kappa shape index (κ3) is 4.20. The first kappa shape index (κ1) is 22.9. The molecule has 1 atom stereocenters.